The van der Waals surface area contributed by atoms with Crippen LogP contribution in [0.4, 0.5) is 0 Å². The van der Waals surface area contributed by atoms with Crippen LogP contribution in [0, 0.1) is 0 Å². The van der Waals surface area contributed by atoms with Crippen molar-refractivity contribution in [3.8, 4) is 22.8 Å². The molecule has 2 heterocycles. The third-order valence-electron chi connectivity index (χ3n) is 5.22. The van der Waals surface area contributed by atoms with Crippen LogP contribution >= 0.6 is 11.8 Å². The molecule has 1 N–H and O–H groups in total. The van der Waals surface area contributed by atoms with Crippen LogP contribution < -0.4 is 15.0 Å². The van der Waals surface area contributed by atoms with Crippen molar-refractivity contribution in [3.05, 3.63) is 71.1 Å². The van der Waals surface area contributed by atoms with Crippen LogP contribution in [0.25, 0.3) is 22.0 Å². The first kappa shape index (κ1) is 23.2. The van der Waals surface area contributed by atoms with E-state index in [9.17, 15) is 14.7 Å². The predicted molar refractivity (Wildman–Crippen MR) is 128 cm³/mol. The van der Waals surface area contributed by atoms with E-state index in [2.05, 4.69) is 15.3 Å². The van der Waals surface area contributed by atoms with Gasteiger partial charge in [-0.25, -0.2) is 9.67 Å². The van der Waals surface area contributed by atoms with E-state index < -0.39 is 11.2 Å². The zero-order chi connectivity index (χ0) is 24.1. The molecule has 0 aliphatic rings. The number of carbonyl (C=O) groups is 1. The average molecular weight is 479 g/mol. The monoisotopic (exact) mass is 478 g/mol. The summed E-state index contributed by atoms with van der Waals surface area (Å²) in [6, 6.07) is 16.2. The summed E-state index contributed by atoms with van der Waals surface area (Å²) in [4.78, 5) is 29.6. The number of benzene rings is 2. The number of ether oxygens (including phenoxy) is 2. The summed E-state index contributed by atoms with van der Waals surface area (Å²) >= 11 is 1.23. The van der Waals surface area contributed by atoms with E-state index in [-0.39, 0.29) is 18.5 Å². The van der Waals surface area contributed by atoms with E-state index in [1.807, 2.05) is 30.3 Å². The molecular formula is C24H22N4O5S. The lowest BCUT2D eigenvalue weighted by Gasteiger charge is -2.13. The maximum Gasteiger partial charge on any atom is 0.317 e. The normalized spacial score (nSPS) is 11.8. The highest BCUT2D eigenvalue weighted by molar-refractivity contribution is 8.00. The highest BCUT2D eigenvalue weighted by Crippen LogP contribution is 2.29. The fourth-order valence-electron chi connectivity index (χ4n) is 3.36. The fraction of sp³-hybridized carbons (Fsp3) is 0.208. The molecule has 0 saturated heterocycles. The van der Waals surface area contributed by atoms with Crippen molar-refractivity contribution in [3.63, 3.8) is 0 Å². The lowest BCUT2D eigenvalue weighted by molar-refractivity contribution is -0.136. The highest BCUT2D eigenvalue weighted by Gasteiger charge is 2.20. The number of pyridine rings is 1. The minimum absolute atomic E-state index is 0.132. The predicted octanol–water partition coefficient (Wildman–Crippen LogP) is 3.51. The molecule has 4 rings (SSSR count). The SMILES string of the molecule is COc1ccc2c(=O)n(CCC(Sc3ccc(-c4ccc(OC)nc4)cc3)C(=O)O)nnc2c1. The van der Waals surface area contributed by atoms with Crippen molar-refractivity contribution < 1.29 is 19.4 Å². The second kappa shape index (κ2) is 10.3. The molecule has 0 aliphatic heterocycles. The van der Waals surface area contributed by atoms with E-state index in [4.69, 9.17) is 9.47 Å². The number of aliphatic carboxylic acids is 1. The van der Waals surface area contributed by atoms with E-state index in [0.29, 0.717) is 22.5 Å². The minimum atomic E-state index is -0.958. The van der Waals surface area contributed by atoms with Gasteiger partial charge < -0.3 is 14.6 Å². The molecule has 2 aromatic heterocycles. The molecule has 0 amide bonds. The van der Waals surface area contributed by atoms with Gasteiger partial charge in [0, 0.05) is 35.3 Å². The van der Waals surface area contributed by atoms with Crippen LogP contribution in [0.1, 0.15) is 6.42 Å². The number of thioether (sulfide) groups is 1. The lowest BCUT2D eigenvalue weighted by atomic mass is 10.1. The van der Waals surface area contributed by atoms with Gasteiger partial charge >= 0.3 is 5.97 Å². The first-order chi connectivity index (χ1) is 16.5. The molecule has 0 saturated carbocycles. The number of hydrogen-bond acceptors (Lipinski definition) is 8. The average Bonchev–Trinajstić information content (AvgIpc) is 2.87. The van der Waals surface area contributed by atoms with Crippen LogP contribution in [0.3, 0.4) is 0 Å². The summed E-state index contributed by atoms with van der Waals surface area (Å²) < 4.78 is 11.4. The Kier molecular flexibility index (Phi) is 7.07. The summed E-state index contributed by atoms with van der Waals surface area (Å²) in [5.41, 5.74) is 2.00. The summed E-state index contributed by atoms with van der Waals surface area (Å²) in [5.74, 6) is 0.158. The summed E-state index contributed by atoms with van der Waals surface area (Å²) in [6.45, 7) is 0.132. The maximum atomic E-state index is 12.7. The fourth-order valence-corrected chi connectivity index (χ4v) is 4.31. The Hall–Kier alpha value is -3.92. The smallest absolute Gasteiger partial charge is 0.317 e. The van der Waals surface area contributed by atoms with Crippen molar-refractivity contribution in [1.82, 2.24) is 20.0 Å². The van der Waals surface area contributed by atoms with E-state index in [0.717, 1.165) is 16.0 Å². The Labute approximate surface area is 199 Å². The molecule has 2 aromatic carbocycles. The summed E-state index contributed by atoms with van der Waals surface area (Å²) in [5, 5.41) is 17.4. The third-order valence-corrected chi connectivity index (χ3v) is 6.49. The van der Waals surface area contributed by atoms with E-state index >= 15 is 0 Å². The van der Waals surface area contributed by atoms with Gasteiger partial charge in [-0.2, -0.15) is 0 Å². The van der Waals surface area contributed by atoms with Crippen LogP contribution in [-0.4, -0.2) is 50.5 Å². The van der Waals surface area contributed by atoms with Gasteiger partial charge in [-0.3, -0.25) is 9.59 Å². The van der Waals surface area contributed by atoms with Crippen LogP contribution in [0.15, 0.2) is 70.5 Å². The first-order valence-corrected chi connectivity index (χ1v) is 11.3. The van der Waals surface area contributed by atoms with E-state index in [1.54, 1.807) is 37.6 Å². The number of hydrogen-bond donors (Lipinski definition) is 1. The number of fused-ring (bicyclic) bond motifs is 1. The van der Waals surface area contributed by atoms with Gasteiger partial charge in [0.2, 0.25) is 5.88 Å². The molecule has 0 bridgehead atoms. The van der Waals surface area contributed by atoms with Gasteiger partial charge in [0.1, 0.15) is 16.5 Å². The Morgan fingerprint density at radius 1 is 1.06 bits per heavy atom. The van der Waals surface area contributed by atoms with Crippen molar-refractivity contribution in [1.29, 1.82) is 0 Å². The molecule has 9 nitrogen and oxygen atoms in total. The van der Waals surface area contributed by atoms with E-state index in [1.165, 1.54) is 23.6 Å². The minimum Gasteiger partial charge on any atom is -0.497 e. The van der Waals surface area contributed by atoms with Gasteiger partial charge in [0.25, 0.3) is 5.56 Å². The topological polar surface area (TPSA) is 116 Å². The number of carboxylic acids is 1. The molecule has 1 atom stereocenters. The summed E-state index contributed by atoms with van der Waals surface area (Å²) in [7, 11) is 3.09. The van der Waals surface area contributed by atoms with Crippen molar-refractivity contribution in [2.45, 2.75) is 23.1 Å². The molecule has 34 heavy (non-hydrogen) atoms. The molecule has 0 spiro atoms. The maximum absolute atomic E-state index is 12.7. The number of aryl methyl sites for hydroxylation is 1. The van der Waals surface area contributed by atoms with Gasteiger partial charge in [0.05, 0.1) is 19.6 Å². The zero-order valence-corrected chi connectivity index (χ0v) is 19.4. The van der Waals surface area contributed by atoms with Gasteiger partial charge in [-0.05, 0) is 42.3 Å². The molecule has 0 fully saturated rings. The van der Waals surface area contributed by atoms with Crippen molar-refractivity contribution in [2.24, 2.45) is 0 Å². The Morgan fingerprint density at radius 3 is 2.47 bits per heavy atom. The number of aromatic nitrogens is 4. The number of nitrogens with zero attached hydrogens (tertiary/aromatic N) is 4. The molecule has 0 radical (unpaired) electrons. The third kappa shape index (κ3) is 5.18. The number of methoxy groups -OCH3 is 2. The standard InChI is InChI=1S/C24H22N4O5S/c1-32-17-6-9-19-20(13-17)26-27-28(23(19)29)12-11-21(24(30)31)34-18-7-3-15(4-8-18)16-5-10-22(33-2)25-14-16/h3-10,13-14,21H,11-12H2,1-2H3,(H,30,31). The molecule has 0 aliphatic carbocycles. The van der Waals surface area contributed by atoms with Crippen LogP contribution in [0.2, 0.25) is 0 Å². The summed E-state index contributed by atoms with van der Waals surface area (Å²) in [6.07, 6.45) is 1.93. The lowest BCUT2D eigenvalue weighted by Crippen LogP contribution is -2.27. The van der Waals surface area contributed by atoms with Crippen LogP contribution in [-0.2, 0) is 11.3 Å². The largest absolute Gasteiger partial charge is 0.497 e. The van der Waals surface area contributed by atoms with Gasteiger partial charge in [0.15, 0.2) is 0 Å². The highest BCUT2D eigenvalue weighted by atomic mass is 32.2. The Morgan fingerprint density at radius 2 is 1.82 bits per heavy atom. The zero-order valence-electron chi connectivity index (χ0n) is 18.5. The van der Waals surface area contributed by atoms with Crippen molar-refractivity contribution >= 4 is 28.6 Å². The second-order valence-electron chi connectivity index (χ2n) is 7.35. The Bertz CT molecular complexity index is 1360. The molecule has 174 valence electrons. The number of rotatable bonds is 9. The van der Waals surface area contributed by atoms with Crippen LogP contribution in [0.5, 0.6) is 11.6 Å². The van der Waals surface area contributed by atoms with Crippen molar-refractivity contribution in [2.75, 3.05) is 14.2 Å². The number of carboxylic acid groups (broad SMARTS) is 1. The quantitative estimate of drug-likeness (QED) is 0.361. The molecule has 4 aromatic rings. The second-order valence-corrected chi connectivity index (χ2v) is 8.62. The molecule has 1 unspecified atom stereocenters. The van der Waals surface area contributed by atoms with Gasteiger partial charge in [-0.1, -0.05) is 17.3 Å². The van der Waals surface area contributed by atoms with Gasteiger partial charge in [-0.15, -0.1) is 16.9 Å². The molecule has 10 heteroatoms. The Balaban J connectivity index is 1.45. The molecular weight excluding hydrogens is 456 g/mol. The first-order valence-electron chi connectivity index (χ1n) is 10.4.